The molecule has 6 nitrogen and oxygen atoms in total. The van der Waals surface area contributed by atoms with E-state index in [0.29, 0.717) is 24.5 Å². The molecule has 3 rings (SSSR count). The lowest BCUT2D eigenvalue weighted by atomic mass is 9.86. The molecule has 0 atom stereocenters. The van der Waals surface area contributed by atoms with Gasteiger partial charge in [-0.25, -0.2) is 13.1 Å². The van der Waals surface area contributed by atoms with Crippen LogP contribution in [0.2, 0.25) is 0 Å². The third kappa shape index (κ3) is 4.08. The Balaban J connectivity index is 1.48. The Hall–Kier alpha value is -1.60. The van der Waals surface area contributed by atoms with Crippen LogP contribution in [0.4, 0.5) is 6.01 Å². The number of nitrogens with one attached hydrogen (secondary N) is 2. The van der Waals surface area contributed by atoms with Crippen LogP contribution in [-0.4, -0.2) is 31.2 Å². The predicted octanol–water partition coefficient (Wildman–Crippen LogP) is 3.13. The van der Waals surface area contributed by atoms with Gasteiger partial charge in [-0.05, 0) is 57.6 Å². The Morgan fingerprint density at radius 2 is 1.92 bits per heavy atom. The molecule has 0 amide bonds. The fourth-order valence-electron chi connectivity index (χ4n) is 3.02. The summed E-state index contributed by atoms with van der Waals surface area (Å²) in [5.41, 5.74) is 1.65. The van der Waals surface area contributed by atoms with Crippen LogP contribution in [0.25, 0.3) is 11.1 Å². The van der Waals surface area contributed by atoms with Gasteiger partial charge in [-0.1, -0.05) is 12.1 Å². The number of para-hydroxylation sites is 2. The van der Waals surface area contributed by atoms with E-state index in [0.717, 1.165) is 36.8 Å². The van der Waals surface area contributed by atoms with Gasteiger partial charge in [0.25, 0.3) is 6.01 Å². The second kappa shape index (κ2) is 7.11. The molecule has 1 aromatic heterocycles. The maximum absolute atomic E-state index is 11.8. The van der Waals surface area contributed by atoms with Crippen LogP contribution in [0.5, 0.6) is 0 Å². The lowest BCUT2D eigenvalue weighted by Gasteiger charge is -2.28. The minimum Gasteiger partial charge on any atom is -0.424 e. The van der Waals surface area contributed by atoms with E-state index in [-0.39, 0.29) is 5.25 Å². The van der Waals surface area contributed by atoms with Crippen LogP contribution >= 0.6 is 0 Å². The molecule has 7 heteroatoms. The summed E-state index contributed by atoms with van der Waals surface area (Å²) in [7, 11) is -3.17. The number of oxazole rings is 1. The summed E-state index contributed by atoms with van der Waals surface area (Å²) >= 11 is 0. The molecule has 24 heavy (non-hydrogen) atoms. The maximum Gasteiger partial charge on any atom is 0.295 e. The molecule has 0 spiro atoms. The highest BCUT2D eigenvalue weighted by Gasteiger charge is 2.24. The van der Waals surface area contributed by atoms with Crippen LogP contribution in [0, 0.1) is 5.92 Å². The first-order valence-electron chi connectivity index (χ1n) is 8.54. The van der Waals surface area contributed by atoms with E-state index in [1.165, 1.54) is 0 Å². The van der Waals surface area contributed by atoms with Gasteiger partial charge in [0.15, 0.2) is 5.58 Å². The summed E-state index contributed by atoms with van der Waals surface area (Å²) in [6, 6.07) is 8.61. The first-order valence-corrected chi connectivity index (χ1v) is 10.1. The van der Waals surface area contributed by atoms with E-state index >= 15 is 0 Å². The number of hydrogen-bond donors (Lipinski definition) is 2. The fraction of sp³-hybridized carbons (Fsp3) is 0.588. The lowest BCUT2D eigenvalue weighted by molar-refractivity contribution is 0.334. The number of rotatable bonds is 6. The summed E-state index contributed by atoms with van der Waals surface area (Å²) in [6.07, 6.45) is 3.98. The Labute approximate surface area is 143 Å². The Bertz CT molecular complexity index is 744. The minimum absolute atomic E-state index is 0.330. The van der Waals surface area contributed by atoms with Crippen molar-refractivity contribution in [3.05, 3.63) is 24.3 Å². The summed E-state index contributed by atoms with van der Waals surface area (Å²) < 4.78 is 32.1. The second-order valence-electron chi connectivity index (χ2n) is 6.79. The Morgan fingerprint density at radius 1 is 1.21 bits per heavy atom. The molecule has 0 unspecified atom stereocenters. The van der Waals surface area contributed by atoms with Gasteiger partial charge in [0.2, 0.25) is 10.0 Å². The van der Waals surface area contributed by atoms with E-state index in [9.17, 15) is 8.42 Å². The molecule has 0 radical (unpaired) electrons. The van der Waals surface area contributed by atoms with Gasteiger partial charge in [0, 0.05) is 12.6 Å². The minimum atomic E-state index is -3.17. The van der Waals surface area contributed by atoms with E-state index in [1.807, 2.05) is 24.3 Å². The largest absolute Gasteiger partial charge is 0.424 e. The zero-order valence-corrected chi connectivity index (χ0v) is 15.0. The van der Waals surface area contributed by atoms with Crippen molar-refractivity contribution in [3.63, 3.8) is 0 Å². The van der Waals surface area contributed by atoms with Gasteiger partial charge in [0.1, 0.15) is 5.52 Å². The number of fused-ring (bicyclic) bond motifs is 1. The topological polar surface area (TPSA) is 84.2 Å². The zero-order valence-electron chi connectivity index (χ0n) is 14.2. The van der Waals surface area contributed by atoms with E-state index < -0.39 is 10.0 Å². The van der Waals surface area contributed by atoms with Crippen LogP contribution < -0.4 is 10.0 Å². The van der Waals surface area contributed by atoms with E-state index in [2.05, 4.69) is 15.0 Å². The van der Waals surface area contributed by atoms with Crippen molar-refractivity contribution in [2.24, 2.45) is 5.92 Å². The third-order valence-corrected chi connectivity index (χ3v) is 6.47. The fourth-order valence-corrected chi connectivity index (χ4v) is 3.82. The van der Waals surface area contributed by atoms with Crippen molar-refractivity contribution in [2.45, 2.75) is 50.8 Å². The monoisotopic (exact) mass is 351 g/mol. The molecule has 0 aliphatic heterocycles. The summed E-state index contributed by atoms with van der Waals surface area (Å²) in [6.45, 7) is 3.93. The van der Waals surface area contributed by atoms with Crippen LogP contribution in [0.1, 0.15) is 39.5 Å². The van der Waals surface area contributed by atoms with Crippen molar-refractivity contribution < 1.29 is 12.8 Å². The van der Waals surface area contributed by atoms with Gasteiger partial charge in [0.05, 0.1) is 5.25 Å². The number of nitrogens with zero attached hydrogens (tertiary/aromatic N) is 1. The molecule has 2 aromatic rings. The standard InChI is InChI=1S/C17H25N3O3S/c1-12(2)24(21,22)18-11-13-7-9-14(10-8-13)19-17-20-15-5-3-4-6-16(15)23-17/h3-6,12-14,18H,7-11H2,1-2H3,(H,19,20). The van der Waals surface area contributed by atoms with Crippen molar-refractivity contribution in [1.29, 1.82) is 0 Å². The van der Waals surface area contributed by atoms with Gasteiger partial charge in [-0.3, -0.25) is 0 Å². The van der Waals surface area contributed by atoms with Crippen molar-refractivity contribution in [1.82, 2.24) is 9.71 Å². The highest BCUT2D eigenvalue weighted by molar-refractivity contribution is 7.90. The molecule has 132 valence electrons. The average molecular weight is 351 g/mol. The van der Waals surface area contributed by atoms with Crippen molar-refractivity contribution in [2.75, 3.05) is 11.9 Å². The molecule has 1 aromatic carbocycles. The van der Waals surface area contributed by atoms with E-state index in [4.69, 9.17) is 4.42 Å². The number of sulfonamides is 1. The van der Waals surface area contributed by atoms with Crippen molar-refractivity contribution >= 4 is 27.1 Å². The van der Waals surface area contributed by atoms with Crippen molar-refractivity contribution in [3.8, 4) is 0 Å². The summed E-state index contributed by atoms with van der Waals surface area (Å²) in [4.78, 5) is 4.44. The first-order chi connectivity index (χ1) is 11.4. The predicted molar refractivity (Wildman–Crippen MR) is 95.4 cm³/mol. The van der Waals surface area contributed by atoms with Gasteiger partial charge in [-0.2, -0.15) is 4.98 Å². The quantitative estimate of drug-likeness (QED) is 0.835. The molecule has 1 saturated carbocycles. The molecule has 1 fully saturated rings. The molecule has 0 saturated heterocycles. The van der Waals surface area contributed by atoms with E-state index in [1.54, 1.807) is 13.8 Å². The first kappa shape index (κ1) is 17.2. The third-order valence-electron chi connectivity index (χ3n) is 4.66. The molecule has 1 aliphatic rings. The van der Waals surface area contributed by atoms with Crippen LogP contribution in [0.15, 0.2) is 28.7 Å². The SMILES string of the molecule is CC(C)S(=O)(=O)NCC1CCC(Nc2nc3ccccc3o2)CC1. The van der Waals surface area contributed by atoms with Gasteiger partial charge in [-0.15, -0.1) is 0 Å². The number of benzene rings is 1. The number of aromatic nitrogens is 1. The highest BCUT2D eigenvalue weighted by Crippen LogP contribution is 2.27. The lowest BCUT2D eigenvalue weighted by Crippen LogP contribution is -2.37. The molecular formula is C17H25N3O3S. The average Bonchev–Trinajstić information content (AvgIpc) is 2.96. The molecule has 2 N–H and O–H groups in total. The Morgan fingerprint density at radius 3 is 2.58 bits per heavy atom. The van der Waals surface area contributed by atoms with Gasteiger partial charge < -0.3 is 9.73 Å². The molecule has 1 aliphatic carbocycles. The highest BCUT2D eigenvalue weighted by atomic mass is 32.2. The zero-order chi connectivity index (χ0) is 17.2. The molecular weight excluding hydrogens is 326 g/mol. The smallest absolute Gasteiger partial charge is 0.295 e. The molecule has 1 heterocycles. The second-order valence-corrected chi connectivity index (χ2v) is 9.11. The number of anilines is 1. The summed E-state index contributed by atoms with van der Waals surface area (Å²) in [5, 5.41) is 2.99. The molecule has 0 bridgehead atoms. The maximum atomic E-state index is 11.8. The normalized spacial score (nSPS) is 22.1. The Kier molecular flexibility index (Phi) is 5.10. The number of hydrogen-bond acceptors (Lipinski definition) is 5. The van der Waals surface area contributed by atoms with Gasteiger partial charge >= 0.3 is 0 Å². The van der Waals surface area contributed by atoms with Crippen LogP contribution in [0.3, 0.4) is 0 Å². The summed E-state index contributed by atoms with van der Waals surface area (Å²) in [5.74, 6) is 0.403. The van der Waals surface area contributed by atoms with Crippen LogP contribution in [-0.2, 0) is 10.0 Å².